The number of aliphatic hydroxyl groups is 1. The first-order chi connectivity index (χ1) is 31.7. The number of carbonyl (C=O) groups excluding carboxylic acids is 9. The van der Waals surface area contributed by atoms with Crippen molar-refractivity contribution in [2.75, 3.05) is 6.54 Å². The molecule has 68 heavy (non-hydrogen) atoms. The number of benzene rings is 1. The number of phenols is 1. The molecule has 0 bridgehead atoms. The third-order valence-electron chi connectivity index (χ3n) is 10.7. The van der Waals surface area contributed by atoms with Crippen LogP contribution in [0.2, 0.25) is 0 Å². The van der Waals surface area contributed by atoms with Crippen LogP contribution in [-0.2, 0) is 59.2 Å². The van der Waals surface area contributed by atoms with Gasteiger partial charge >= 0.3 is 11.9 Å². The highest BCUT2D eigenvalue weighted by Gasteiger charge is 2.41. The summed E-state index contributed by atoms with van der Waals surface area (Å²) in [4.78, 5) is 144. The van der Waals surface area contributed by atoms with Crippen molar-refractivity contribution in [3.05, 3.63) is 29.8 Å². The predicted octanol–water partition coefficient (Wildman–Crippen LogP) is -3.67. The summed E-state index contributed by atoms with van der Waals surface area (Å²) in [6.45, 7) is 8.02. The number of aliphatic carboxylic acids is 2. The zero-order valence-electron chi connectivity index (χ0n) is 38.7. The predicted molar refractivity (Wildman–Crippen MR) is 239 cm³/mol. The minimum atomic E-state index is -1.77. The van der Waals surface area contributed by atoms with Crippen molar-refractivity contribution >= 4 is 65.1 Å². The highest BCUT2D eigenvalue weighted by molar-refractivity contribution is 5.99. The van der Waals surface area contributed by atoms with Crippen LogP contribution in [0.15, 0.2) is 24.3 Å². The summed E-state index contributed by atoms with van der Waals surface area (Å²) in [6, 6.07) is -6.58. The number of carbonyl (C=O) groups is 11. The van der Waals surface area contributed by atoms with E-state index in [-0.39, 0.29) is 62.7 Å². The fourth-order valence-electron chi connectivity index (χ4n) is 7.16. The molecule has 1 aromatic carbocycles. The topological polar surface area (TPSA) is 422 Å². The van der Waals surface area contributed by atoms with Crippen molar-refractivity contribution in [2.24, 2.45) is 29.0 Å². The Bertz CT molecular complexity index is 2000. The molecule has 0 spiro atoms. The van der Waals surface area contributed by atoms with Crippen molar-refractivity contribution in [3.63, 3.8) is 0 Å². The summed E-state index contributed by atoms with van der Waals surface area (Å²) in [5.41, 5.74) is 16.8. The molecule has 2 rings (SSSR count). The smallest absolute Gasteiger partial charge is 0.326 e. The highest BCUT2D eigenvalue weighted by Crippen LogP contribution is 2.22. The van der Waals surface area contributed by atoms with Gasteiger partial charge in [-0.15, -0.1) is 0 Å². The van der Waals surface area contributed by atoms with Crippen LogP contribution in [0, 0.1) is 11.8 Å². The summed E-state index contributed by atoms with van der Waals surface area (Å²) < 4.78 is 0. The van der Waals surface area contributed by atoms with Gasteiger partial charge in [0.15, 0.2) is 0 Å². The standard InChI is InChI=1S/C43H66N10O15/c1-20(2)15-26(48-38(62)27(18-33(45)57)49-36(60)25(12-13-32(44)56)47-41(65)35(46)22(5)54)37(61)51-29(17-23-8-10-24(55)11-9-23)42(66)53-14-6-7-31(53)40(64)50-28(19-34(58)59)39(63)52-30(43(67)68)16-21(3)4/h8-11,20-22,25-31,35,54-55H,6-7,12-19,46H2,1-5H3,(H2,44,56)(H2,45,57)(H,47,65)(H,48,62)(H,49,60)(H,50,64)(H,51,61)(H,52,63)(H,58,59)(H,67,68)/t22-,25+,26+,27+,28+,29+,30+,31+,35+/m1/s1. The molecular weight excluding hydrogens is 897 g/mol. The number of primary amides is 2. The van der Waals surface area contributed by atoms with Gasteiger partial charge in [-0.05, 0) is 68.6 Å². The maximum atomic E-state index is 14.5. The second-order valence-corrected chi connectivity index (χ2v) is 17.6. The van der Waals surface area contributed by atoms with Crippen molar-refractivity contribution in [1.82, 2.24) is 36.8 Å². The van der Waals surface area contributed by atoms with E-state index in [1.54, 1.807) is 27.7 Å². The number of nitrogens with zero attached hydrogens (tertiary/aromatic N) is 1. The normalized spacial score (nSPS) is 17.0. The van der Waals surface area contributed by atoms with Crippen LogP contribution in [0.3, 0.4) is 0 Å². The van der Waals surface area contributed by atoms with E-state index < -0.39 is 139 Å². The summed E-state index contributed by atoms with van der Waals surface area (Å²) in [7, 11) is 0. The molecule has 9 amide bonds. The van der Waals surface area contributed by atoms with Gasteiger partial charge in [-0.3, -0.25) is 47.9 Å². The molecule has 0 aromatic heterocycles. The van der Waals surface area contributed by atoms with E-state index >= 15 is 0 Å². The van der Waals surface area contributed by atoms with Crippen molar-refractivity contribution < 1.29 is 73.2 Å². The second-order valence-electron chi connectivity index (χ2n) is 17.6. The molecule has 0 saturated carbocycles. The number of carboxylic acids is 2. The van der Waals surface area contributed by atoms with Crippen LogP contribution in [0.4, 0.5) is 0 Å². The zero-order valence-corrected chi connectivity index (χ0v) is 38.7. The van der Waals surface area contributed by atoms with Crippen molar-refractivity contribution in [3.8, 4) is 5.75 Å². The molecule has 1 fully saturated rings. The first-order valence-electron chi connectivity index (χ1n) is 22.1. The third-order valence-corrected chi connectivity index (χ3v) is 10.7. The van der Waals surface area contributed by atoms with Crippen LogP contribution in [-0.4, -0.2) is 151 Å². The Hall–Kier alpha value is -6.89. The maximum absolute atomic E-state index is 14.5. The zero-order chi connectivity index (χ0) is 51.6. The monoisotopic (exact) mass is 962 g/mol. The number of nitrogens with two attached hydrogens (primary N) is 3. The Balaban J connectivity index is 2.46. The largest absolute Gasteiger partial charge is 0.508 e. The van der Waals surface area contributed by atoms with Crippen molar-refractivity contribution in [2.45, 2.75) is 147 Å². The van der Waals surface area contributed by atoms with Crippen LogP contribution in [0.25, 0.3) is 0 Å². The fraction of sp³-hybridized carbons (Fsp3) is 0.605. The molecule has 16 N–H and O–H groups in total. The number of aliphatic hydroxyl groups excluding tert-OH is 1. The van der Waals surface area contributed by atoms with E-state index in [1.165, 1.54) is 31.2 Å². The van der Waals surface area contributed by atoms with Gasteiger partial charge in [-0.25, -0.2) is 4.79 Å². The van der Waals surface area contributed by atoms with Gasteiger partial charge in [0.05, 0.1) is 18.9 Å². The SMILES string of the molecule is CC(C)C[C@H](NC(=O)[C@H](CC(=O)O)NC(=O)[C@@H]1CCCN1C(=O)[C@H](Cc1ccc(O)cc1)NC(=O)[C@H](CC(C)C)NC(=O)[C@H](CC(N)=O)NC(=O)[C@H](CCC(N)=O)NC(=O)[C@@H](N)[C@@H](C)O)C(=O)O. The maximum Gasteiger partial charge on any atom is 0.326 e. The summed E-state index contributed by atoms with van der Waals surface area (Å²) in [5, 5.41) is 53.2. The Morgan fingerprint density at radius 2 is 1.13 bits per heavy atom. The molecule has 0 radical (unpaired) electrons. The lowest BCUT2D eigenvalue weighted by molar-refractivity contribution is -0.145. The molecule has 0 unspecified atom stereocenters. The van der Waals surface area contributed by atoms with Crippen LogP contribution >= 0.6 is 0 Å². The van der Waals surface area contributed by atoms with Gasteiger partial charge in [0.1, 0.15) is 54.1 Å². The lowest BCUT2D eigenvalue weighted by Crippen LogP contribution is -2.61. The highest BCUT2D eigenvalue weighted by atomic mass is 16.4. The van der Waals surface area contributed by atoms with Crippen LogP contribution < -0.4 is 49.1 Å². The van der Waals surface area contributed by atoms with Crippen LogP contribution in [0.5, 0.6) is 5.75 Å². The first-order valence-corrected chi connectivity index (χ1v) is 22.1. The summed E-state index contributed by atoms with van der Waals surface area (Å²) in [5.74, 6) is -12.3. The van der Waals surface area contributed by atoms with E-state index in [4.69, 9.17) is 17.2 Å². The Labute approximate surface area is 392 Å². The number of amides is 9. The van der Waals surface area contributed by atoms with Crippen LogP contribution in [0.1, 0.15) is 91.5 Å². The van der Waals surface area contributed by atoms with E-state index in [9.17, 15) is 73.2 Å². The fourth-order valence-corrected chi connectivity index (χ4v) is 7.16. The molecule has 9 atom stereocenters. The lowest BCUT2D eigenvalue weighted by atomic mass is 10.00. The van der Waals surface area contributed by atoms with Crippen molar-refractivity contribution in [1.29, 1.82) is 0 Å². The quantitative estimate of drug-likeness (QED) is 0.0385. The minimum Gasteiger partial charge on any atom is -0.508 e. The number of phenolic OH excluding ortho intramolecular Hbond substituents is 1. The van der Waals surface area contributed by atoms with E-state index in [0.29, 0.717) is 5.56 Å². The van der Waals surface area contributed by atoms with E-state index in [0.717, 1.165) is 4.90 Å². The summed E-state index contributed by atoms with van der Waals surface area (Å²) in [6.07, 6.45) is -3.90. The molecule has 378 valence electrons. The number of carboxylic acid groups (broad SMARTS) is 2. The van der Waals surface area contributed by atoms with Gasteiger partial charge in [0.25, 0.3) is 0 Å². The van der Waals surface area contributed by atoms with Gasteiger partial charge in [-0.2, -0.15) is 0 Å². The molecule has 1 saturated heterocycles. The Morgan fingerprint density at radius 1 is 0.647 bits per heavy atom. The first kappa shape index (κ1) is 57.2. The van der Waals surface area contributed by atoms with Gasteiger partial charge in [-0.1, -0.05) is 39.8 Å². The molecule has 1 aliphatic heterocycles. The number of rotatable bonds is 28. The van der Waals surface area contributed by atoms with Gasteiger partial charge < -0.3 is 74.4 Å². The number of hydrogen-bond acceptors (Lipinski definition) is 14. The Morgan fingerprint density at radius 3 is 1.65 bits per heavy atom. The van der Waals surface area contributed by atoms with Gasteiger partial charge in [0, 0.05) is 19.4 Å². The number of hydrogen-bond donors (Lipinski definition) is 13. The molecule has 0 aliphatic carbocycles. The molecular formula is C43H66N10O15. The number of aromatic hydroxyl groups is 1. The average molecular weight is 963 g/mol. The molecule has 25 nitrogen and oxygen atoms in total. The number of nitrogens with one attached hydrogen (secondary N) is 6. The van der Waals surface area contributed by atoms with E-state index in [2.05, 4.69) is 31.9 Å². The average Bonchev–Trinajstić information content (AvgIpc) is 3.73. The van der Waals surface area contributed by atoms with Gasteiger partial charge in [0.2, 0.25) is 53.2 Å². The minimum absolute atomic E-state index is 0.00322. The third kappa shape index (κ3) is 19.1. The molecule has 25 heteroatoms. The Kier molecular flexibility index (Phi) is 22.8. The number of likely N-dealkylation sites (tertiary alicyclic amines) is 1. The molecule has 1 aliphatic rings. The molecule has 1 aromatic rings. The summed E-state index contributed by atoms with van der Waals surface area (Å²) >= 11 is 0. The molecule has 1 heterocycles. The lowest BCUT2D eigenvalue weighted by Gasteiger charge is -2.31. The van der Waals surface area contributed by atoms with E-state index in [1.807, 2.05) is 0 Å². The second kappa shape index (κ2) is 27.1.